The van der Waals surface area contributed by atoms with E-state index in [2.05, 4.69) is 15.5 Å². The summed E-state index contributed by atoms with van der Waals surface area (Å²) in [5.74, 6) is 0.498. The zero-order chi connectivity index (χ0) is 13.7. The number of aryl methyl sites for hydroxylation is 1. The first-order valence-electron chi connectivity index (χ1n) is 5.93. The molecule has 0 fully saturated rings. The van der Waals surface area contributed by atoms with Crippen molar-refractivity contribution in [1.82, 2.24) is 15.5 Å². The monoisotopic (exact) mass is 260 g/mol. The number of ether oxygens (including phenoxy) is 1. The van der Waals surface area contributed by atoms with Crippen LogP contribution in [0.5, 0.6) is 5.75 Å². The van der Waals surface area contributed by atoms with Gasteiger partial charge in [-0.15, -0.1) is 0 Å². The van der Waals surface area contributed by atoms with Gasteiger partial charge in [0.05, 0.1) is 18.4 Å². The van der Waals surface area contributed by atoms with Gasteiger partial charge in [0.25, 0.3) is 5.91 Å². The fourth-order valence-corrected chi connectivity index (χ4v) is 1.60. The molecule has 1 aromatic carbocycles. The predicted octanol–water partition coefficient (Wildman–Crippen LogP) is 1.11. The number of amides is 1. The number of hydrogen-bond donors (Lipinski definition) is 3. The van der Waals surface area contributed by atoms with Crippen LogP contribution >= 0.6 is 0 Å². The standard InChI is InChI=1S/C13H16N4O2/c1-9-3-2-4-10(7-9)19-6-5-15-13(18)12-11(14)8-16-17-12/h2-4,7-8H,5-6,14H2,1H3,(H,15,18)(H,16,17). The Morgan fingerprint density at radius 2 is 2.37 bits per heavy atom. The number of carbonyl (C=O) groups is 1. The van der Waals surface area contributed by atoms with Crippen molar-refractivity contribution in [1.29, 1.82) is 0 Å². The van der Waals surface area contributed by atoms with Crippen molar-refractivity contribution in [3.05, 3.63) is 41.7 Å². The highest BCUT2D eigenvalue weighted by atomic mass is 16.5. The number of nitrogen functional groups attached to an aromatic ring is 1. The van der Waals surface area contributed by atoms with Crippen molar-refractivity contribution in [2.24, 2.45) is 0 Å². The SMILES string of the molecule is Cc1cccc(OCCNC(=O)c2[nH]ncc2N)c1. The van der Waals surface area contributed by atoms with Crippen LogP contribution in [0.4, 0.5) is 5.69 Å². The number of carbonyl (C=O) groups excluding carboxylic acids is 1. The molecule has 0 aliphatic rings. The Balaban J connectivity index is 1.75. The van der Waals surface area contributed by atoms with Crippen LogP contribution in [0.25, 0.3) is 0 Å². The van der Waals surface area contributed by atoms with E-state index >= 15 is 0 Å². The summed E-state index contributed by atoms with van der Waals surface area (Å²) >= 11 is 0. The van der Waals surface area contributed by atoms with Crippen LogP contribution in [0.1, 0.15) is 16.1 Å². The third-order valence-electron chi connectivity index (χ3n) is 2.54. The molecule has 0 unspecified atom stereocenters. The quantitative estimate of drug-likeness (QED) is 0.702. The molecule has 0 saturated carbocycles. The Morgan fingerprint density at radius 1 is 1.53 bits per heavy atom. The zero-order valence-electron chi connectivity index (χ0n) is 10.6. The number of nitrogens with zero attached hydrogens (tertiary/aromatic N) is 1. The van der Waals surface area contributed by atoms with Gasteiger partial charge in [0.1, 0.15) is 18.1 Å². The Hall–Kier alpha value is -2.50. The van der Waals surface area contributed by atoms with Crippen LogP contribution in [0.2, 0.25) is 0 Å². The first-order valence-corrected chi connectivity index (χ1v) is 5.93. The van der Waals surface area contributed by atoms with Crippen molar-refractivity contribution in [3.63, 3.8) is 0 Å². The molecular formula is C13H16N4O2. The minimum atomic E-state index is -0.289. The Morgan fingerprint density at radius 3 is 3.05 bits per heavy atom. The largest absolute Gasteiger partial charge is 0.492 e. The van der Waals surface area contributed by atoms with Crippen molar-refractivity contribution in [2.45, 2.75) is 6.92 Å². The van der Waals surface area contributed by atoms with E-state index in [1.165, 1.54) is 6.20 Å². The lowest BCUT2D eigenvalue weighted by Crippen LogP contribution is -2.28. The second-order valence-electron chi connectivity index (χ2n) is 4.12. The van der Waals surface area contributed by atoms with Crippen molar-refractivity contribution >= 4 is 11.6 Å². The van der Waals surface area contributed by atoms with E-state index in [0.717, 1.165) is 11.3 Å². The minimum Gasteiger partial charge on any atom is -0.492 e. The molecule has 0 atom stereocenters. The molecule has 0 spiro atoms. The van der Waals surface area contributed by atoms with Gasteiger partial charge in [-0.3, -0.25) is 9.89 Å². The minimum absolute atomic E-state index is 0.274. The third-order valence-corrected chi connectivity index (χ3v) is 2.54. The van der Waals surface area contributed by atoms with E-state index in [1.807, 2.05) is 31.2 Å². The van der Waals surface area contributed by atoms with Gasteiger partial charge in [-0.2, -0.15) is 5.10 Å². The maximum atomic E-state index is 11.7. The average Bonchev–Trinajstić information content (AvgIpc) is 2.81. The van der Waals surface area contributed by atoms with Gasteiger partial charge < -0.3 is 15.8 Å². The number of benzene rings is 1. The molecule has 6 heteroatoms. The van der Waals surface area contributed by atoms with Crippen molar-refractivity contribution in [2.75, 3.05) is 18.9 Å². The van der Waals surface area contributed by atoms with Crippen molar-refractivity contribution in [3.8, 4) is 5.75 Å². The summed E-state index contributed by atoms with van der Waals surface area (Å²) in [6, 6.07) is 7.74. The molecule has 2 rings (SSSR count). The van der Waals surface area contributed by atoms with Gasteiger partial charge >= 0.3 is 0 Å². The van der Waals surface area contributed by atoms with Gasteiger partial charge in [0, 0.05) is 0 Å². The van der Waals surface area contributed by atoms with Gasteiger partial charge in [-0.1, -0.05) is 12.1 Å². The first kappa shape index (κ1) is 12.9. The van der Waals surface area contributed by atoms with E-state index in [0.29, 0.717) is 18.8 Å². The lowest BCUT2D eigenvalue weighted by molar-refractivity contribution is 0.0943. The summed E-state index contributed by atoms with van der Waals surface area (Å²) in [6.07, 6.45) is 1.40. The van der Waals surface area contributed by atoms with Crippen LogP contribution in [-0.4, -0.2) is 29.3 Å². The van der Waals surface area contributed by atoms with E-state index in [1.54, 1.807) is 0 Å². The van der Waals surface area contributed by atoms with Gasteiger partial charge in [0.2, 0.25) is 0 Å². The molecule has 0 aliphatic carbocycles. The predicted molar refractivity (Wildman–Crippen MR) is 72.0 cm³/mol. The maximum absolute atomic E-state index is 11.7. The fourth-order valence-electron chi connectivity index (χ4n) is 1.60. The number of anilines is 1. The number of aromatic nitrogens is 2. The first-order chi connectivity index (χ1) is 9.16. The lowest BCUT2D eigenvalue weighted by Gasteiger charge is -2.07. The number of nitrogens with one attached hydrogen (secondary N) is 2. The Labute approximate surface area is 111 Å². The molecule has 1 aromatic heterocycles. The van der Waals surface area contributed by atoms with Crippen molar-refractivity contribution < 1.29 is 9.53 Å². The number of aromatic amines is 1. The molecule has 100 valence electrons. The van der Waals surface area contributed by atoms with E-state index in [-0.39, 0.29) is 11.6 Å². The van der Waals surface area contributed by atoms with Gasteiger partial charge in [-0.25, -0.2) is 0 Å². The smallest absolute Gasteiger partial charge is 0.271 e. The van der Waals surface area contributed by atoms with Crippen LogP contribution in [0.15, 0.2) is 30.5 Å². The average molecular weight is 260 g/mol. The van der Waals surface area contributed by atoms with Gasteiger partial charge in [0.15, 0.2) is 0 Å². The van der Waals surface area contributed by atoms with Crippen LogP contribution < -0.4 is 15.8 Å². The normalized spacial score (nSPS) is 10.2. The molecule has 1 heterocycles. The second-order valence-corrected chi connectivity index (χ2v) is 4.12. The molecular weight excluding hydrogens is 244 g/mol. The number of H-pyrrole nitrogens is 1. The molecule has 0 radical (unpaired) electrons. The third kappa shape index (κ3) is 3.48. The zero-order valence-corrected chi connectivity index (χ0v) is 10.6. The highest BCUT2D eigenvalue weighted by Crippen LogP contribution is 2.11. The van der Waals surface area contributed by atoms with Crippen LogP contribution in [0.3, 0.4) is 0 Å². The topological polar surface area (TPSA) is 93.0 Å². The second kappa shape index (κ2) is 5.90. The van der Waals surface area contributed by atoms with Gasteiger partial charge in [-0.05, 0) is 24.6 Å². The molecule has 0 aliphatic heterocycles. The van der Waals surface area contributed by atoms with E-state index in [4.69, 9.17) is 10.5 Å². The highest BCUT2D eigenvalue weighted by Gasteiger charge is 2.10. The molecule has 2 aromatic rings. The summed E-state index contributed by atoms with van der Waals surface area (Å²) in [4.78, 5) is 11.7. The van der Waals surface area contributed by atoms with Crippen LogP contribution in [0, 0.1) is 6.92 Å². The maximum Gasteiger partial charge on any atom is 0.271 e. The Kier molecular flexibility index (Phi) is 4.02. The van der Waals surface area contributed by atoms with E-state index in [9.17, 15) is 4.79 Å². The van der Waals surface area contributed by atoms with E-state index < -0.39 is 0 Å². The molecule has 0 saturated heterocycles. The number of nitrogens with two attached hydrogens (primary N) is 1. The summed E-state index contributed by atoms with van der Waals surface area (Å²) in [7, 11) is 0. The number of hydrogen-bond acceptors (Lipinski definition) is 4. The molecule has 4 N–H and O–H groups in total. The summed E-state index contributed by atoms with van der Waals surface area (Å²) < 4.78 is 5.51. The lowest BCUT2D eigenvalue weighted by atomic mass is 10.2. The van der Waals surface area contributed by atoms with Crippen LogP contribution in [-0.2, 0) is 0 Å². The summed E-state index contributed by atoms with van der Waals surface area (Å²) in [5.41, 5.74) is 7.30. The molecule has 1 amide bonds. The molecule has 6 nitrogen and oxygen atoms in total. The summed E-state index contributed by atoms with van der Waals surface area (Å²) in [5, 5.41) is 8.93. The Bertz CT molecular complexity index is 565. The summed E-state index contributed by atoms with van der Waals surface area (Å²) in [6.45, 7) is 2.78. The fraction of sp³-hybridized carbons (Fsp3) is 0.231. The highest BCUT2D eigenvalue weighted by molar-refractivity contribution is 5.96. The number of rotatable bonds is 5. The molecule has 19 heavy (non-hydrogen) atoms. The molecule has 0 bridgehead atoms.